The number of carboxylic acids is 1. The fourth-order valence-corrected chi connectivity index (χ4v) is 2.18. The second-order valence-corrected chi connectivity index (χ2v) is 5.16. The predicted molar refractivity (Wildman–Crippen MR) is 80.3 cm³/mol. The SMILES string of the molecule is COCCCSCC(=O)Nc1cc(C(=O)O)ccc1N. The average Bonchev–Trinajstić information content (AvgIpc) is 2.40. The van der Waals surface area contributed by atoms with E-state index in [1.54, 1.807) is 7.11 Å². The molecule has 1 aromatic rings. The number of hydrogen-bond acceptors (Lipinski definition) is 5. The summed E-state index contributed by atoms with van der Waals surface area (Å²) in [7, 11) is 1.63. The standard InChI is InChI=1S/C13H18N2O4S/c1-19-5-2-6-20-8-12(16)15-11-7-9(13(17)18)3-4-10(11)14/h3-4,7H,2,5-6,8,14H2,1H3,(H,15,16)(H,17,18). The van der Waals surface area contributed by atoms with Gasteiger partial charge in [0.15, 0.2) is 0 Å². The fourth-order valence-electron chi connectivity index (χ4n) is 1.45. The molecule has 0 fully saturated rings. The fraction of sp³-hybridized carbons (Fsp3) is 0.385. The lowest BCUT2D eigenvalue weighted by Crippen LogP contribution is -2.16. The molecule has 0 aliphatic carbocycles. The maximum atomic E-state index is 11.7. The van der Waals surface area contributed by atoms with Gasteiger partial charge in [0.05, 0.1) is 22.7 Å². The Morgan fingerprint density at radius 1 is 1.45 bits per heavy atom. The monoisotopic (exact) mass is 298 g/mol. The quantitative estimate of drug-likeness (QED) is 0.498. The number of hydrogen-bond donors (Lipinski definition) is 3. The number of methoxy groups -OCH3 is 1. The predicted octanol–water partition coefficient (Wildman–Crippen LogP) is 1.68. The Bertz CT molecular complexity index is 479. The first kappa shape index (κ1) is 16.3. The second-order valence-electron chi connectivity index (χ2n) is 4.05. The largest absolute Gasteiger partial charge is 0.478 e. The van der Waals surface area contributed by atoms with Crippen LogP contribution >= 0.6 is 11.8 Å². The van der Waals surface area contributed by atoms with Crippen LogP contribution in [-0.2, 0) is 9.53 Å². The topological polar surface area (TPSA) is 102 Å². The van der Waals surface area contributed by atoms with E-state index < -0.39 is 5.97 Å². The van der Waals surface area contributed by atoms with Crippen LogP contribution in [0.3, 0.4) is 0 Å². The van der Waals surface area contributed by atoms with Crippen LogP contribution in [-0.4, -0.2) is 42.2 Å². The van der Waals surface area contributed by atoms with Crippen LogP contribution in [0.4, 0.5) is 11.4 Å². The zero-order valence-corrected chi connectivity index (χ0v) is 12.0. The van der Waals surface area contributed by atoms with Gasteiger partial charge in [-0.05, 0) is 30.4 Å². The van der Waals surface area contributed by atoms with Gasteiger partial charge >= 0.3 is 5.97 Å². The molecule has 0 unspecified atom stereocenters. The van der Waals surface area contributed by atoms with Crippen LogP contribution in [0.15, 0.2) is 18.2 Å². The third-order valence-electron chi connectivity index (χ3n) is 2.44. The number of carboxylic acid groups (broad SMARTS) is 1. The number of benzene rings is 1. The molecule has 6 nitrogen and oxygen atoms in total. The lowest BCUT2D eigenvalue weighted by molar-refractivity contribution is -0.113. The van der Waals surface area contributed by atoms with E-state index in [4.69, 9.17) is 15.6 Å². The van der Waals surface area contributed by atoms with Crippen molar-refractivity contribution in [1.29, 1.82) is 0 Å². The van der Waals surface area contributed by atoms with Crippen molar-refractivity contribution in [1.82, 2.24) is 0 Å². The minimum atomic E-state index is -1.06. The zero-order valence-electron chi connectivity index (χ0n) is 11.2. The van der Waals surface area contributed by atoms with Crippen molar-refractivity contribution in [2.45, 2.75) is 6.42 Å². The van der Waals surface area contributed by atoms with E-state index in [-0.39, 0.29) is 11.5 Å². The van der Waals surface area contributed by atoms with Crippen molar-refractivity contribution in [3.05, 3.63) is 23.8 Å². The highest BCUT2D eigenvalue weighted by atomic mass is 32.2. The molecule has 1 aromatic carbocycles. The number of anilines is 2. The summed E-state index contributed by atoms with van der Waals surface area (Å²) in [6.07, 6.45) is 0.880. The number of nitrogens with two attached hydrogens (primary N) is 1. The number of carbonyl (C=O) groups is 2. The van der Waals surface area contributed by atoms with Crippen molar-refractivity contribution >= 4 is 35.0 Å². The summed E-state index contributed by atoms with van der Waals surface area (Å²) in [6, 6.07) is 4.21. The molecular weight excluding hydrogens is 280 g/mol. The number of carbonyl (C=O) groups excluding carboxylic acids is 1. The van der Waals surface area contributed by atoms with Gasteiger partial charge in [0, 0.05) is 13.7 Å². The molecule has 0 saturated heterocycles. The smallest absolute Gasteiger partial charge is 0.335 e. The number of nitrogens with one attached hydrogen (secondary N) is 1. The lowest BCUT2D eigenvalue weighted by Gasteiger charge is -2.09. The van der Waals surface area contributed by atoms with E-state index in [2.05, 4.69) is 5.32 Å². The number of rotatable bonds is 8. The molecule has 0 bridgehead atoms. The van der Waals surface area contributed by atoms with Crippen LogP contribution in [0.25, 0.3) is 0 Å². The average molecular weight is 298 g/mol. The first-order chi connectivity index (χ1) is 9.54. The number of aromatic carboxylic acids is 1. The number of nitrogen functional groups attached to an aromatic ring is 1. The highest BCUT2D eigenvalue weighted by Gasteiger charge is 2.09. The van der Waals surface area contributed by atoms with Crippen molar-refractivity contribution < 1.29 is 19.4 Å². The van der Waals surface area contributed by atoms with E-state index in [0.717, 1.165) is 12.2 Å². The molecule has 7 heteroatoms. The molecule has 0 radical (unpaired) electrons. The maximum absolute atomic E-state index is 11.7. The van der Waals surface area contributed by atoms with Gasteiger partial charge in [-0.1, -0.05) is 0 Å². The van der Waals surface area contributed by atoms with E-state index in [1.165, 1.54) is 30.0 Å². The normalized spacial score (nSPS) is 10.2. The van der Waals surface area contributed by atoms with Crippen molar-refractivity contribution in [2.24, 2.45) is 0 Å². The van der Waals surface area contributed by atoms with Crippen LogP contribution in [0, 0.1) is 0 Å². The molecule has 110 valence electrons. The minimum Gasteiger partial charge on any atom is -0.478 e. The third kappa shape index (κ3) is 5.50. The Morgan fingerprint density at radius 2 is 2.20 bits per heavy atom. The Labute approximate surface area is 121 Å². The van der Waals surface area contributed by atoms with E-state index in [9.17, 15) is 9.59 Å². The van der Waals surface area contributed by atoms with Crippen LogP contribution in [0.2, 0.25) is 0 Å². The minimum absolute atomic E-state index is 0.0854. The second kappa shape index (κ2) is 8.44. The van der Waals surface area contributed by atoms with Crippen LogP contribution in [0.5, 0.6) is 0 Å². The van der Waals surface area contributed by atoms with Gasteiger partial charge in [-0.25, -0.2) is 4.79 Å². The highest BCUT2D eigenvalue weighted by Crippen LogP contribution is 2.20. The Balaban J connectivity index is 2.49. The van der Waals surface area contributed by atoms with E-state index >= 15 is 0 Å². The summed E-state index contributed by atoms with van der Waals surface area (Å²) in [5, 5.41) is 11.5. The molecule has 0 aromatic heterocycles. The summed E-state index contributed by atoms with van der Waals surface area (Å²) in [5.41, 5.74) is 6.45. The zero-order chi connectivity index (χ0) is 15.0. The van der Waals surface area contributed by atoms with Gasteiger partial charge in [-0.3, -0.25) is 4.79 Å². The highest BCUT2D eigenvalue weighted by molar-refractivity contribution is 7.99. The van der Waals surface area contributed by atoms with Gasteiger partial charge in [-0.15, -0.1) is 0 Å². The van der Waals surface area contributed by atoms with Crippen molar-refractivity contribution in [2.75, 3.05) is 36.3 Å². The summed E-state index contributed by atoms with van der Waals surface area (Å²) in [5.74, 6) is -0.150. The van der Waals surface area contributed by atoms with Gasteiger partial charge in [0.2, 0.25) is 5.91 Å². The van der Waals surface area contributed by atoms with E-state index in [1.807, 2.05) is 0 Å². The molecule has 4 N–H and O–H groups in total. The number of thioether (sulfide) groups is 1. The summed E-state index contributed by atoms with van der Waals surface area (Å²) >= 11 is 1.49. The molecule has 0 heterocycles. The van der Waals surface area contributed by atoms with Gasteiger partial charge in [0.25, 0.3) is 0 Å². The lowest BCUT2D eigenvalue weighted by atomic mass is 10.1. The summed E-state index contributed by atoms with van der Waals surface area (Å²) in [6.45, 7) is 0.669. The van der Waals surface area contributed by atoms with Gasteiger partial charge in [0.1, 0.15) is 0 Å². The van der Waals surface area contributed by atoms with Crippen molar-refractivity contribution in [3.8, 4) is 0 Å². The first-order valence-electron chi connectivity index (χ1n) is 6.04. The van der Waals surface area contributed by atoms with Crippen LogP contribution < -0.4 is 11.1 Å². The molecule has 0 aliphatic rings. The molecule has 20 heavy (non-hydrogen) atoms. The molecule has 0 atom stereocenters. The number of amides is 1. The molecule has 0 aliphatic heterocycles. The van der Waals surface area contributed by atoms with Crippen molar-refractivity contribution in [3.63, 3.8) is 0 Å². The molecule has 0 spiro atoms. The molecule has 1 amide bonds. The third-order valence-corrected chi connectivity index (χ3v) is 3.49. The summed E-state index contributed by atoms with van der Waals surface area (Å²) in [4.78, 5) is 22.6. The van der Waals surface area contributed by atoms with Gasteiger partial charge in [-0.2, -0.15) is 11.8 Å². The van der Waals surface area contributed by atoms with E-state index in [0.29, 0.717) is 23.7 Å². The van der Waals surface area contributed by atoms with Crippen LogP contribution in [0.1, 0.15) is 16.8 Å². The Hall–Kier alpha value is -1.73. The number of ether oxygens (including phenoxy) is 1. The molecule has 0 saturated carbocycles. The molecular formula is C13H18N2O4S. The molecule has 1 rings (SSSR count). The first-order valence-corrected chi connectivity index (χ1v) is 7.19. The Kier molecular flexibility index (Phi) is 6.89. The van der Waals surface area contributed by atoms with Gasteiger partial charge < -0.3 is 20.9 Å². The summed E-state index contributed by atoms with van der Waals surface area (Å²) < 4.78 is 4.91. The maximum Gasteiger partial charge on any atom is 0.335 e. The Morgan fingerprint density at radius 3 is 2.85 bits per heavy atom.